The number of phosphoric acid groups is 2. The lowest BCUT2D eigenvalue weighted by molar-refractivity contribution is -0.0491. The van der Waals surface area contributed by atoms with Gasteiger partial charge in [-0.05, 0) is 144 Å². The molecule has 3 aliphatic rings. The quantitative estimate of drug-likeness (QED) is 0.0566. The summed E-state index contributed by atoms with van der Waals surface area (Å²) in [5.74, 6) is 0.468. The van der Waals surface area contributed by atoms with Gasteiger partial charge in [-0.15, -0.1) is 0 Å². The average Bonchev–Trinajstić information content (AvgIpc) is 3.14. The predicted molar refractivity (Wildman–Crippen MR) is 260 cm³/mol. The number of fused-ring (bicyclic) bond motifs is 2. The lowest BCUT2D eigenvalue weighted by Gasteiger charge is -2.34. The topological polar surface area (TPSA) is 207 Å². The van der Waals surface area contributed by atoms with E-state index < -0.39 is 71.7 Å². The number of rotatable bonds is 16. The van der Waals surface area contributed by atoms with Crippen molar-refractivity contribution in [3.05, 3.63) is 58.7 Å². The summed E-state index contributed by atoms with van der Waals surface area (Å²) in [5.41, 5.74) is -2.66. The summed E-state index contributed by atoms with van der Waals surface area (Å²) in [7, 11) is -16.7. The fourth-order valence-electron chi connectivity index (χ4n) is 8.40. The second-order valence-corrected chi connectivity index (χ2v) is 29.2. The molecule has 68 heavy (non-hydrogen) atoms. The molecule has 18 nitrogen and oxygen atoms in total. The van der Waals surface area contributed by atoms with Crippen LogP contribution in [0.4, 0.5) is 0 Å². The maximum absolute atomic E-state index is 14.5. The van der Waals surface area contributed by atoms with E-state index in [1.165, 1.54) is 32.9 Å². The minimum Gasteiger partial charge on any atom is -0.366 e. The van der Waals surface area contributed by atoms with E-state index in [2.05, 4.69) is 10.3 Å². The van der Waals surface area contributed by atoms with E-state index in [4.69, 9.17) is 36.8 Å². The number of phosphoric ester groups is 2. The molecule has 0 amide bonds. The minimum atomic E-state index is -4.29. The summed E-state index contributed by atoms with van der Waals surface area (Å²) < 4.78 is 123. The van der Waals surface area contributed by atoms with Crippen molar-refractivity contribution in [1.29, 1.82) is 0 Å². The highest BCUT2D eigenvalue weighted by atomic mass is 32.2. The zero-order valence-corrected chi connectivity index (χ0v) is 46.1. The van der Waals surface area contributed by atoms with Gasteiger partial charge in [-0.2, -0.15) is 8.61 Å². The van der Waals surface area contributed by atoms with E-state index in [-0.39, 0.29) is 56.0 Å². The Hall–Kier alpha value is -2.58. The molecule has 2 heterocycles. The van der Waals surface area contributed by atoms with Crippen molar-refractivity contribution in [2.24, 2.45) is 34.0 Å². The van der Waals surface area contributed by atoms with Crippen LogP contribution in [0.15, 0.2) is 56.5 Å². The number of piperidine rings is 2. The van der Waals surface area contributed by atoms with E-state index in [9.17, 15) is 26.0 Å². The number of nitrogens with zero attached hydrogens (tertiary/aromatic N) is 4. The Bertz CT molecular complexity index is 2350. The smallest absolute Gasteiger partial charge is 0.366 e. The predicted octanol–water partition coefficient (Wildman–Crippen LogP) is 10.3. The lowest BCUT2D eigenvalue weighted by atomic mass is 9.83. The van der Waals surface area contributed by atoms with Crippen LogP contribution in [0.5, 0.6) is 0 Å². The third kappa shape index (κ3) is 15.2. The Morgan fingerprint density at radius 2 is 0.779 bits per heavy atom. The zero-order valence-electron chi connectivity index (χ0n) is 42.6. The molecule has 4 atom stereocenters. The SMILES string of the molecule is C[C@@H]1C[C@H](C)CN(S(=O)(=O)c2ccc3c(c2)C(=NOCOP(=O)(OC(C)(C)C)OC(C)(C)C)c2cc(S(=O)(=O)N4C[C@H](C)C[C@H](C)C4)ccc2C3=NOCOP(=O)(OC(C)(C)C)OC(C)(C)C)C1. The monoisotopic (exact) mass is 1030 g/mol. The molecule has 2 aromatic rings. The van der Waals surface area contributed by atoms with Crippen molar-refractivity contribution in [1.82, 2.24) is 8.61 Å². The second kappa shape index (κ2) is 20.9. The van der Waals surface area contributed by atoms with Gasteiger partial charge < -0.3 is 9.68 Å². The normalized spacial score (nSPS) is 21.8. The molecule has 2 fully saturated rings. The first-order chi connectivity index (χ1) is 31.0. The summed E-state index contributed by atoms with van der Waals surface area (Å²) in [4.78, 5) is 11.4. The molecule has 0 unspecified atom stereocenters. The van der Waals surface area contributed by atoms with Gasteiger partial charge in [-0.1, -0.05) is 50.1 Å². The van der Waals surface area contributed by atoms with Crippen LogP contribution in [0, 0.1) is 23.7 Å². The maximum atomic E-state index is 14.5. The van der Waals surface area contributed by atoms with Crippen LogP contribution in [0.25, 0.3) is 0 Å². The Labute approximate surface area is 405 Å². The van der Waals surface area contributed by atoms with E-state index >= 15 is 0 Å². The highest BCUT2D eigenvalue weighted by molar-refractivity contribution is 7.89. The van der Waals surface area contributed by atoms with E-state index in [1.54, 1.807) is 95.2 Å². The van der Waals surface area contributed by atoms with Crippen molar-refractivity contribution >= 4 is 47.1 Å². The first-order valence-corrected chi connectivity index (χ1v) is 28.8. The number of hydrogen-bond acceptors (Lipinski definition) is 16. The standard InChI is InChI=1S/C46H74N4O14P2S2/c1-31-21-32(2)26-49(25-31)67(53,54)35-17-19-37-39(23-35)42(48-58-30-60-66(52,63-45(11,12)13)64-46(14,15)16)40-24-36(68(55,56)50-27-33(3)22-34(4)28-50)18-20-38(40)41(37)47-57-29-59-65(51,61-43(5,6)7)62-44(8,9)10/h17-20,23-24,31-34H,21-22,25-30H2,1-16H3/t31-,32+,33-,34+. The van der Waals surface area contributed by atoms with Crippen LogP contribution < -0.4 is 0 Å². The molecule has 2 aliphatic heterocycles. The minimum absolute atomic E-state index is 0.00799. The molecular formula is C46H74N4O14P2S2. The van der Waals surface area contributed by atoms with Gasteiger partial charge in [0.1, 0.15) is 11.4 Å². The van der Waals surface area contributed by atoms with Crippen molar-refractivity contribution in [3.63, 3.8) is 0 Å². The van der Waals surface area contributed by atoms with E-state index in [0.717, 1.165) is 12.8 Å². The molecule has 1 aliphatic carbocycles. The van der Waals surface area contributed by atoms with Gasteiger partial charge in [0.2, 0.25) is 33.6 Å². The van der Waals surface area contributed by atoms with Gasteiger partial charge in [0.25, 0.3) is 0 Å². The van der Waals surface area contributed by atoms with Crippen LogP contribution in [-0.4, -0.2) is 99.0 Å². The third-order valence-corrected chi connectivity index (χ3v) is 17.9. The largest absolute Gasteiger partial charge is 0.478 e. The van der Waals surface area contributed by atoms with Gasteiger partial charge >= 0.3 is 15.6 Å². The first-order valence-electron chi connectivity index (χ1n) is 23.0. The molecule has 2 saturated heterocycles. The molecule has 0 spiro atoms. The molecule has 2 aromatic carbocycles. The maximum Gasteiger partial charge on any atom is 0.478 e. The van der Waals surface area contributed by atoms with E-state index in [1.807, 2.05) is 27.7 Å². The Morgan fingerprint density at radius 3 is 1.06 bits per heavy atom. The summed E-state index contributed by atoms with van der Waals surface area (Å²) in [5, 5.41) is 8.91. The van der Waals surface area contributed by atoms with Crippen LogP contribution in [0.1, 0.15) is 146 Å². The zero-order chi connectivity index (χ0) is 51.1. The summed E-state index contributed by atoms with van der Waals surface area (Å²) in [6.07, 6.45) is 1.75. The number of hydrogen-bond donors (Lipinski definition) is 0. The van der Waals surface area contributed by atoms with Crippen molar-refractivity contribution in [3.8, 4) is 0 Å². The number of sulfonamides is 2. The Kier molecular flexibility index (Phi) is 17.3. The van der Waals surface area contributed by atoms with Gasteiger partial charge in [-0.25, -0.2) is 35.0 Å². The summed E-state index contributed by atoms with van der Waals surface area (Å²) in [6, 6.07) is 8.89. The first kappa shape index (κ1) is 56.3. The molecule has 0 aromatic heterocycles. The van der Waals surface area contributed by atoms with Crippen LogP contribution in [-0.2, 0) is 66.0 Å². The highest BCUT2D eigenvalue weighted by Gasteiger charge is 2.41. The van der Waals surface area contributed by atoms with Crippen LogP contribution in [0.2, 0.25) is 0 Å². The molecule has 384 valence electrons. The summed E-state index contributed by atoms with van der Waals surface area (Å²) in [6.45, 7) is 28.1. The molecule has 0 saturated carbocycles. The molecule has 0 N–H and O–H groups in total. The summed E-state index contributed by atoms with van der Waals surface area (Å²) >= 11 is 0. The third-order valence-electron chi connectivity index (χ3n) is 10.3. The Balaban J connectivity index is 1.68. The number of oxime groups is 2. The van der Waals surface area contributed by atoms with Gasteiger partial charge in [0.05, 0.1) is 32.2 Å². The van der Waals surface area contributed by atoms with Crippen molar-refractivity contribution in [2.75, 3.05) is 39.8 Å². The fourth-order valence-corrected chi connectivity index (χ4v) is 15.1. The van der Waals surface area contributed by atoms with E-state index in [0.29, 0.717) is 37.3 Å². The van der Waals surface area contributed by atoms with Gasteiger partial charge in [0.15, 0.2) is 0 Å². The molecule has 5 rings (SSSR count). The molecule has 0 radical (unpaired) electrons. The van der Waals surface area contributed by atoms with Crippen LogP contribution >= 0.6 is 15.6 Å². The molecular weight excluding hydrogens is 959 g/mol. The number of benzene rings is 2. The van der Waals surface area contributed by atoms with Gasteiger partial charge in [-0.3, -0.25) is 18.1 Å². The van der Waals surface area contributed by atoms with Crippen molar-refractivity contribution in [2.45, 2.75) is 156 Å². The van der Waals surface area contributed by atoms with Crippen molar-refractivity contribution < 1.29 is 62.8 Å². The second-order valence-electron chi connectivity index (χ2n) is 22.3. The van der Waals surface area contributed by atoms with Crippen LogP contribution in [0.3, 0.4) is 0 Å². The van der Waals surface area contributed by atoms with Gasteiger partial charge in [0, 0.05) is 48.4 Å². The fraction of sp³-hybridized carbons (Fsp3) is 0.696. The Morgan fingerprint density at radius 1 is 0.500 bits per heavy atom. The molecule has 0 bridgehead atoms. The molecule has 22 heteroatoms. The highest BCUT2D eigenvalue weighted by Crippen LogP contribution is 2.56. The lowest BCUT2D eigenvalue weighted by Crippen LogP contribution is -2.42. The average molecular weight is 1030 g/mol.